The Hall–Kier alpha value is 0.140. The standard InChI is InChI=1S/C12H17BrOS/c1-11(2)4-3-5-12(11,14)7-10-6-9(13)8-15-10/h6,8,14H,3-5,7H2,1-2H3. The second-order valence-corrected chi connectivity index (χ2v) is 7.09. The molecule has 1 saturated carbocycles. The zero-order valence-electron chi connectivity index (χ0n) is 9.22. The molecular weight excluding hydrogens is 272 g/mol. The van der Waals surface area contributed by atoms with Crippen molar-refractivity contribution in [1.82, 2.24) is 0 Å². The maximum Gasteiger partial charge on any atom is 0.0746 e. The van der Waals surface area contributed by atoms with Gasteiger partial charge in [-0.15, -0.1) is 11.3 Å². The third kappa shape index (κ3) is 2.15. The van der Waals surface area contributed by atoms with E-state index in [2.05, 4.69) is 41.2 Å². The molecule has 2 rings (SSSR count). The summed E-state index contributed by atoms with van der Waals surface area (Å²) in [6.07, 6.45) is 4.03. The summed E-state index contributed by atoms with van der Waals surface area (Å²) in [6, 6.07) is 2.12. The van der Waals surface area contributed by atoms with Crippen molar-refractivity contribution in [2.24, 2.45) is 5.41 Å². The molecule has 1 atom stereocenters. The Labute approximate surface area is 104 Å². The number of rotatable bonds is 2. The third-order valence-corrected chi connectivity index (χ3v) is 5.44. The Balaban J connectivity index is 2.17. The molecule has 1 fully saturated rings. The van der Waals surface area contributed by atoms with Gasteiger partial charge in [-0.3, -0.25) is 0 Å². The van der Waals surface area contributed by atoms with Crippen LogP contribution < -0.4 is 0 Å². The second kappa shape index (κ2) is 3.86. The maximum atomic E-state index is 10.7. The van der Waals surface area contributed by atoms with Crippen LogP contribution in [0.3, 0.4) is 0 Å². The average Bonchev–Trinajstić information content (AvgIpc) is 2.59. The highest BCUT2D eigenvalue weighted by atomic mass is 79.9. The molecule has 0 radical (unpaired) electrons. The van der Waals surface area contributed by atoms with Gasteiger partial charge in [0.25, 0.3) is 0 Å². The monoisotopic (exact) mass is 288 g/mol. The van der Waals surface area contributed by atoms with E-state index in [0.717, 1.165) is 30.2 Å². The highest BCUT2D eigenvalue weighted by molar-refractivity contribution is 9.10. The molecule has 0 amide bonds. The Bertz CT molecular complexity index is 358. The van der Waals surface area contributed by atoms with Crippen molar-refractivity contribution < 1.29 is 5.11 Å². The Morgan fingerprint density at radius 2 is 2.20 bits per heavy atom. The van der Waals surface area contributed by atoms with Gasteiger partial charge in [-0.25, -0.2) is 0 Å². The van der Waals surface area contributed by atoms with Gasteiger partial charge in [0.2, 0.25) is 0 Å². The summed E-state index contributed by atoms with van der Waals surface area (Å²) >= 11 is 5.19. The van der Waals surface area contributed by atoms with Crippen molar-refractivity contribution in [3.8, 4) is 0 Å². The molecule has 1 aromatic heterocycles. The molecule has 0 bridgehead atoms. The molecular formula is C12H17BrOS. The Morgan fingerprint density at radius 1 is 1.47 bits per heavy atom. The molecule has 1 N–H and O–H groups in total. The summed E-state index contributed by atoms with van der Waals surface area (Å²) in [5.41, 5.74) is -0.444. The van der Waals surface area contributed by atoms with Crippen molar-refractivity contribution >= 4 is 27.3 Å². The average molecular weight is 289 g/mol. The fourth-order valence-corrected chi connectivity index (χ4v) is 4.01. The first-order valence-electron chi connectivity index (χ1n) is 5.38. The van der Waals surface area contributed by atoms with Gasteiger partial charge in [0.1, 0.15) is 0 Å². The van der Waals surface area contributed by atoms with Crippen LogP contribution in [-0.4, -0.2) is 10.7 Å². The minimum atomic E-state index is -0.503. The van der Waals surface area contributed by atoms with Crippen LogP contribution in [0.1, 0.15) is 38.0 Å². The SMILES string of the molecule is CC1(C)CCCC1(O)Cc1cc(Br)cs1. The third-order valence-electron chi connectivity index (χ3n) is 3.74. The molecule has 3 heteroatoms. The van der Waals surface area contributed by atoms with E-state index in [0.29, 0.717) is 0 Å². The van der Waals surface area contributed by atoms with E-state index in [4.69, 9.17) is 0 Å². The summed E-state index contributed by atoms with van der Waals surface area (Å²) in [5.74, 6) is 0. The fourth-order valence-electron chi connectivity index (χ4n) is 2.46. The zero-order valence-corrected chi connectivity index (χ0v) is 11.6. The molecule has 0 saturated heterocycles. The van der Waals surface area contributed by atoms with Crippen LogP contribution in [0, 0.1) is 5.41 Å². The maximum absolute atomic E-state index is 10.7. The predicted octanol–water partition coefficient (Wildman–Crippen LogP) is 3.99. The normalized spacial score (nSPS) is 29.6. The van der Waals surface area contributed by atoms with Crippen molar-refractivity contribution in [2.45, 2.75) is 45.1 Å². The summed E-state index contributed by atoms with van der Waals surface area (Å²) in [6.45, 7) is 4.37. The van der Waals surface area contributed by atoms with E-state index in [1.165, 1.54) is 4.88 Å². The Morgan fingerprint density at radius 3 is 2.67 bits per heavy atom. The quantitative estimate of drug-likeness (QED) is 0.872. The van der Waals surface area contributed by atoms with Crippen LogP contribution in [0.2, 0.25) is 0 Å². The van der Waals surface area contributed by atoms with Gasteiger partial charge in [-0.05, 0) is 46.7 Å². The highest BCUT2D eigenvalue weighted by Crippen LogP contribution is 2.48. The molecule has 84 valence electrons. The van der Waals surface area contributed by atoms with Crippen LogP contribution in [0.4, 0.5) is 0 Å². The lowest BCUT2D eigenvalue weighted by Crippen LogP contribution is -2.41. The lowest BCUT2D eigenvalue weighted by atomic mass is 9.75. The first kappa shape index (κ1) is 11.6. The first-order chi connectivity index (χ1) is 6.93. The number of aliphatic hydroxyl groups is 1. The van der Waals surface area contributed by atoms with Gasteiger partial charge in [-0.2, -0.15) is 0 Å². The van der Waals surface area contributed by atoms with Crippen LogP contribution in [0.5, 0.6) is 0 Å². The van der Waals surface area contributed by atoms with Crippen molar-refractivity contribution in [3.63, 3.8) is 0 Å². The predicted molar refractivity (Wildman–Crippen MR) is 68.3 cm³/mol. The summed E-state index contributed by atoms with van der Waals surface area (Å²) in [7, 11) is 0. The van der Waals surface area contributed by atoms with E-state index in [1.807, 2.05) is 0 Å². The molecule has 1 nitrogen and oxygen atoms in total. The molecule has 1 unspecified atom stereocenters. The van der Waals surface area contributed by atoms with Crippen LogP contribution >= 0.6 is 27.3 Å². The van der Waals surface area contributed by atoms with Crippen molar-refractivity contribution in [2.75, 3.05) is 0 Å². The number of hydrogen-bond donors (Lipinski definition) is 1. The largest absolute Gasteiger partial charge is 0.389 e. The minimum Gasteiger partial charge on any atom is -0.389 e. The van der Waals surface area contributed by atoms with E-state index in [9.17, 15) is 5.11 Å². The van der Waals surface area contributed by atoms with Gasteiger partial charge in [0.05, 0.1) is 5.60 Å². The zero-order chi connectivity index (χ0) is 11.1. The smallest absolute Gasteiger partial charge is 0.0746 e. The summed E-state index contributed by atoms with van der Waals surface area (Å²) in [5, 5.41) is 12.8. The molecule has 1 aliphatic rings. The van der Waals surface area contributed by atoms with Gasteiger partial charge < -0.3 is 5.11 Å². The van der Waals surface area contributed by atoms with E-state index < -0.39 is 5.60 Å². The van der Waals surface area contributed by atoms with Crippen molar-refractivity contribution in [3.05, 3.63) is 20.8 Å². The van der Waals surface area contributed by atoms with E-state index in [1.54, 1.807) is 11.3 Å². The number of hydrogen-bond acceptors (Lipinski definition) is 2. The molecule has 15 heavy (non-hydrogen) atoms. The topological polar surface area (TPSA) is 20.2 Å². The van der Waals surface area contributed by atoms with Gasteiger partial charge in [0.15, 0.2) is 0 Å². The fraction of sp³-hybridized carbons (Fsp3) is 0.667. The van der Waals surface area contributed by atoms with Gasteiger partial charge >= 0.3 is 0 Å². The summed E-state index contributed by atoms with van der Waals surface area (Å²) in [4.78, 5) is 1.28. The molecule has 0 spiro atoms. The lowest BCUT2D eigenvalue weighted by Gasteiger charge is -2.36. The number of halogens is 1. The highest BCUT2D eigenvalue weighted by Gasteiger charge is 2.47. The van der Waals surface area contributed by atoms with Crippen LogP contribution in [0.25, 0.3) is 0 Å². The molecule has 1 aliphatic carbocycles. The van der Waals surface area contributed by atoms with Crippen molar-refractivity contribution in [1.29, 1.82) is 0 Å². The second-order valence-electron chi connectivity index (χ2n) is 5.18. The number of thiophene rings is 1. The Kier molecular flexibility index (Phi) is 2.99. The lowest BCUT2D eigenvalue weighted by molar-refractivity contribution is -0.0413. The van der Waals surface area contributed by atoms with E-state index >= 15 is 0 Å². The van der Waals surface area contributed by atoms with Crippen LogP contribution in [-0.2, 0) is 6.42 Å². The minimum absolute atomic E-state index is 0.0590. The molecule has 0 aliphatic heterocycles. The summed E-state index contributed by atoms with van der Waals surface area (Å²) < 4.78 is 1.13. The molecule has 1 aromatic rings. The van der Waals surface area contributed by atoms with Gasteiger partial charge in [0, 0.05) is 21.2 Å². The van der Waals surface area contributed by atoms with Crippen LogP contribution in [0.15, 0.2) is 15.9 Å². The first-order valence-corrected chi connectivity index (χ1v) is 7.06. The van der Waals surface area contributed by atoms with Gasteiger partial charge in [-0.1, -0.05) is 13.8 Å². The molecule has 1 heterocycles. The molecule has 0 aromatic carbocycles. The van der Waals surface area contributed by atoms with E-state index in [-0.39, 0.29) is 5.41 Å².